The number of amides is 2. The van der Waals surface area contributed by atoms with Gasteiger partial charge in [0, 0.05) is 45.3 Å². The van der Waals surface area contributed by atoms with Gasteiger partial charge < -0.3 is 24.4 Å². The first-order chi connectivity index (χ1) is 16.1. The number of nitrogens with zero attached hydrogens (tertiary/aromatic N) is 3. The molecule has 0 bridgehead atoms. The Balaban J connectivity index is 1.72. The number of benzene rings is 2. The van der Waals surface area contributed by atoms with Gasteiger partial charge in [-0.25, -0.2) is 4.79 Å². The molecule has 0 saturated carbocycles. The molecule has 2 amide bonds. The van der Waals surface area contributed by atoms with Crippen molar-refractivity contribution in [1.29, 1.82) is 0 Å². The molecule has 3 rings (SSSR count). The molecule has 1 N–H and O–H groups in total. The molecule has 1 atom stereocenters. The molecular weight excluding hydrogens is 434 g/mol. The zero-order valence-electron chi connectivity index (χ0n) is 20.7. The van der Waals surface area contributed by atoms with Crippen molar-refractivity contribution < 1.29 is 24.2 Å². The molecule has 0 aliphatic carbocycles. The predicted molar refractivity (Wildman–Crippen MR) is 131 cm³/mol. The number of hydrogen-bond acceptors (Lipinski definition) is 6. The van der Waals surface area contributed by atoms with Crippen LogP contribution in [0.15, 0.2) is 48.5 Å². The number of phenolic OH excluding ortho intramolecular Hbond substituents is 1. The van der Waals surface area contributed by atoms with Crippen molar-refractivity contribution in [1.82, 2.24) is 9.80 Å². The van der Waals surface area contributed by atoms with Gasteiger partial charge in [-0.05, 0) is 62.7 Å². The van der Waals surface area contributed by atoms with E-state index in [1.165, 1.54) is 4.90 Å². The number of carbonyl (C=O) groups is 2. The number of methoxy groups -OCH3 is 1. The van der Waals surface area contributed by atoms with Crippen LogP contribution in [0.2, 0.25) is 0 Å². The fourth-order valence-corrected chi connectivity index (χ4v) is 3.90. The van der Waals surface area contributed by atoms with E-state index in [0.29, 0.717) is 32.6 Å². The molecule has 0 aromatic heterocycles. The lowest BCUT2D eigenvalue weighted by Crippen LogP contribution is -2.56. The molecule has 1 unspecified atom stereocenters. The Morgan fingerprint density at radius 2 is 1.59 bits per heavy atom. The van der Waals surface area contributed by atoms with Gasteiger partial charge in [0.2, 0.25) is 5.91 Å². The third kappa shape index (κ3) is 6.56. The maximum Gasteiger partial charge on any atom is 0.410 e. The number of piperazine rings is 1. The first kappa shape index (κ1) is 25.2. The number of likely N-dealkylation sites (N-methyl/N-ethyl adjacent to an activating group) is 1. The normalized spacial score (nSPS) is 15.0. The summed E-state index contributed by atoms with van der Waals surface area (Å²) in [7, 11) is 3.24. The summed E-state index contributed by atoms with van der Waals surface area (Å²) in [5, 5.41) is 9.61. The first-order valence-corrected chi connectivity index (χ1v) is 11.5. The number of aromatic hydroxyl groups is 1. The predicted octanol–water partition coefficient (Wildman–Crippen LogP) is 3.53. The standard InChI is InChI=1S/C26H35N3O5/c1-26(2,3)34-25(32)27(4)23(18-19-6-10-21(30)11-7-19)24(31)29-16-14-28(15-17-29)20-8-12-22(33-5)13-9-20/h6-13,23,30H,14-18H2,1-5H3. The molecule has 34 heavy (non-hydrogen) atoms. The van der Waals surface area contributed by atoms with Gasteiger partial charge in [-0.1, -0.05) is 12.1 Å². The van der Waals surface area contributed by atoms with Crippen LogP contribution in [0, 0.1) is 0 Å². The highest BCUT2D eigenvalue weighted by Crippen LogP contribution is 2.22. The van der Waals surface area contributed by atoms with Crippen molar-refractivity contribution >= 4 is 17.7 Å². The van der Waals surface area contributed by atoms with E-state index < -0.39 is 17.7 Å². The summed E-state index contributed by atoms with van der Waals surface area (Å²) >= 11 is 0. The second kappa shape index (κ2) is 10.7. The minimum absolute atomic E-state index is 0.115. The van der Waals surface area contributed by atoms with Crippen molar-refractivity contribution in [2.24, 2.45) is 0 Å². The van der Waals surface area contributed by atoms with Crippen LogP contribution in [0.25, 0.3) is 0 Å². The van der Waals surface area contributed by atoms with Crippen molar-refractivity contribution in [2.45, 2.75) is 38.8 Å². The van der Waals surface area contributed by atoms with Crippen LogP contribution in [0.5, 0.6) is 11.5 Å². The molecule has 1 saturated heterocycles. The Kier molecular flexibility index (Phi) is 7.91. The molecule has 0 spiro atoms. The molecule has 1 aliphatic rings. The van der Waals surface area contributed by atoms with E-state index in [1.54, 1.807) is 59.2 Å². The van der Waals surface area contributed by atoms with Gasteiger partial charge in [0.05, 0.1) is 7.11 Å². The van der Waals surface area contributed by atoms with Crippen LogP contribution >= 0.6 is 0 Å². The molecule has 184 valence electrons. The van der Waals surface area contributed by atoms with E-state index in [0.717, 1.165) is 17.0 Å². The summed E-state index contributed by atoms with van der Waals surface area (Å²) in [6.45, 7) is 7.90. The van der Waals surface area contributed by atoms with E-state index in [1.807, 2.05) is 29.2 Å². The van der Waals surface area contributed by atoms with Gasteiger partial charge in [-0.15, -0.1) is 0 Å². The van der Waals surface area contributed by atoms with Gasteiger partial charge in [0.1, 0.15) is 23.1 Å². The molecular formula is C26H35N3O5. The summed E-state index contributed by atoms with van der Waals surface area (Å²) in [6.07, 6.45) is -0.213. The highest BCUT2D eigenvalue weighted by Gasteiger charge is 2.34. The average molecular weight is 470 g/mol. The molecule has 1 aliphatic heterocycles. The molecule has 2 aromatic rings. The van der Waals surface area contributed by atoms with Crippen LogP contribution in [0.4, 0.5) is 10.5 Å². The number of anilines is 1. The lowest BCUT2D eigenvalue weighted by atomic mass is 10.0. The molecule has 8 heteroatoms. The third-order valence-electron chi connectivity index (χ3n) is 5.83. The highest BCUT2D eigenvalue weighted by molar-refractivity contribution is 5.86. The van der Waals surface area contributed by atoms with Gasteiger partial charge in [0.15, 0.2) is 0 Å². The average Bonchev–Trinajstić information content (AvgIpc) is 2.82. The van der Waals surface area contributed by atoms with Crippen molar-refractivity contribution in [3.05, 3.63) is 54.1 Å². The zero-order chi connectivity index (χ0) is 24.9. The quantitative estimate of drug-likeness (QED) is 0.697. The highest BCUT2D eigenvalue weighted by atomic mass is 16.6. The second-order valence-corrected chi connectivity index (χ2v) is 9.49. The third-order valence-corrected chi connectivity index (χ3v) is 5.83. The van der Waals surface area contributed by atoms with E-state index in [4.69, 9.17) is 9.47 Å². The second-order valence-electron chi connectivity index (χ2n) is 9.49. The molecule has 8 nitrogen and oxygen atoms in total. The molecule has 1 heterocycles. The SMILES string of the molecule is COc1ccc(N2CCN(C(=O)C(Cc3ccc(O)cc3)N(C)C(=O)OC(C)(C)C)CC2)cc1. The summed E-state index contributed by atoms with van der Waals surface area (Å²) in [5.41, 5.74) is 1.27. The van der Waals surface area contributed by atoms with Crippen LogP contribution in [0.3, 0.4) is 0 Å². The fourth-order valence-electron chi connectivity index (χ4n) is 3.90. The molecule has 2 aromatic carbocycles. The van der Waals surface area contributed by atoms with Gasteiger partial charge in [0.25, 0.3) is 0 Å². The zero-order valence-corrected chi connectivity index (χ0v) is 20.7. The van der Waals surface area contributed by atoms with Crippen LogP contribution in [-0.4, -0.2) is 78.9 Å². The topological polar surface area (TPSA) is 82.6 Å². The van der Waals surface area contributed by atoms with Gasteiger partial charge >= 0.3 is 6.09 Å². The number of ether oxygens (including phenoxy) is 2. The van der Waals surface area contributed by atoms with Crippen LogP contribution < -0.4 is 9.64 Å². The van der Waals surface area contributed by atoms with E-state index in [9.17, 15) is 14.7 Å². The Labute approximate surface area is 201 Å². The summed E-state index contributed by atoms with van der Waals surface area (Å²) in [4.78, 5) is 31.8. The Hall–Kier alpha value is -3.42. The van der Waals surface area contributed by atoms with Crippen molar-refractivity contribution in [3.63, 3.8) is 0 Å². The summed E-state index contributed by atoms with van der Waals surface area (Å²) < 4.78 is 10.8. The summed E-state index contributed by atoms with van der Waals surface area (Å²) in [6, 6.07) is 13.9. The molecule has 0 radical (unpaired) electrons. The minimum Gasteiger partial charge on any atom is -0.508 e. The fraction of sp³-hybridized carbons (Fsp3) is 0.462. The smallest absolute Gasteiger partial charge is 0.410 e. The lowest BCUT2D eigenvalue weighted by molar-refractivity contribution is -0.136. The van der Waals surface area contributed by atoms with Crippen LogP contribution in [0.1, 0.15) is 26.3 Å². The van der Waals surface area contributed by atoms with E-state index in [2.05, 4.69) is 4.90 Å². The Morgan fingerprint density at radius 1 is 1.00 bits per heavy atom. The minimum atomic E-state index is -0.716. The Bertz CT molecular complexity index is 961. The number of rotatable bonds is 6. The summed E-state index contributed by atoms with van der Waals surface area (Å²) in [5.74, 6) is 0.845. The van der Waals surface area contributed by atoms with E-state index >= 15 is 0 Å². The van der Waals surface area contributed by atoms with Crippen molar-refractivity contribution in [3.8, 4) is 11.5 Å². The number of phenols is 1. The number of carbonyl (C=O) groups excluding carboxylic acids is 2. The number of hydrogen-bond donors (Lipinski definition) is 1. The van der Waals surface area contributed by atoms with Crippen molar-refractivity contribution in [2.75, 3.05) is 45.2 Å². The first-order valence-electron chi connectivity index (χ1n) is 11.5. The van der Waals surface area contributed by atoms with E-state index in [-0.39, 0.29) is 11.7 Å². The van der Waals surface area contributed by atoms with Gasteiger partial charge in [-0.2, -0.15) is 0 Å². The van der Waals surface area contributed by atoms with Crippen LogP contribution in [-0.2, 0) is 16.0 Å². The molecule has 1 fully saturated rings. The maximum absolute atomic E-state index is 13.6. The largest absolute Gasteiger partial charge is 0.508 e. The lowest BCUT2D eigenvalue weighted by Gasteiger charge is -2.39. The monoisotopic (exact) mass is 469 g/mol. The van der Waals surface area contributed by atoms with Gasteiger partial charge in [-0.3, -0.25) is 9.69 Å². The maximum atomic E-state index is 13.6. The Morgan fingerprint density at radius 3 is 2.12 bits per heavy atom.